The van der Waals surface area contributed by atoms with Crippen LogP contribution in [-0.2, 0) is 6.54 Å². The molecule has 5 heteroatoms. The molecule has 0 saturated carbocycles. The highest BCUT2D eigenvalue weighted by atomic mass is 16.6. The van der Waals surface area contributed by atoms with Crippen molar-refractivity contribution in [3.8, 4) is 0 Å². The molecule has 0 aliphatic rings. The van der Waals surface area contributed by atoms with Crippen molar-refractivity contribution in [3.63, 3.8) is 0 Å². The van der Waals surface area contributed by atoms with Crippen LogP contribution >= 0.6 is 0 Å². The van der Waals surface area contributed by atoms with Crippen molar-refractivity contribution < 1.29 is 9.72 Å². The smallest absolute Gasteiger partial charge is 0.273 e. The van der Waals surface area contributed by atoms with Gasteiger partial charge in [0.1, 0.15) is 0 Å². The molecule has 0 atom stereocenters. The third-order valence-electron chi connectivity index (χ3n) is 3.26. The van der Waals surface area contributed by atoms with Crippen LogP contribution in [0, 0.1) is 17.0 Å². The zero-order valence-corrected chi connectivity index (χ0v) is 11.9. The Bertz CT molecular complexity index is 668. The lowest BCUT2D eigenvalue weighted by Gasteiger charge is -2.17. The molecule has 0 fully saturated rings. The van der Waals surface area contributed by atoms with Crippen molar-refractivity contribution in [2.75, 3.05) is 7.05 Å². The van der Waals surface area contributed by atoms with Gasteiger partial charge in [-0.1, -0.05) is 36.4 Å². The summed E-state index contributed by atoms with van der Waals surface area (Å²) in [4.78, 5) is 24.4. The maximum Gasteiger partial charge on any atom is 0.273 e. The average Bonchev–Trinajstić information content (AvgIpc) is 2.47. The number of rotatable bonds is 4. The van der Waals surface area contributed by atoms with Crippen molar-refractivity contribution in [2.24, 2.45) is 0 Å². The summed E-state index contributed by atoms with van der Waals surface area (Å²) in [5, 5.41) is 10.9. The fourth-order valence-electron chi connectivity index (χ4n) is 2.09. The van der Waals surface area contributed by atoms with Crippen molar-refractivity contribution in [3.05, 3.63) is 75.3 Å². The van der Waals surface area contributed by atoms with Crippen LogP contribution in [0.15, 0.2) is 48.5 Å². The Labute approximate surface area is 123 Å². The summed E-state index contributed by atoms with van der Waals surface area (Å²) in [5.41, 5.74) is 1.84. The van der Waals surface area contributed by atoms with Gasteiger partial charge in [-0.25, -0.2) is 0 Å². The zero-order valence-electron chi connectivity index (χ0n) is 11.9. The summed E-state index contributed by atoms with van der Waals surface area (Å²) < 4.78 is 0. The topological polar surface area (TPSA) is 63.5 Å². The summed E-state index contributed by atoms with van der Waals surface area (Å²) in [6.45, 7) is 2.11. The zero-order chi connectivity index (χ0) is 15.4. The number of carbonyl (C=O) groups is 1. The number of aryl methyl sites for hydroxylation is 1. The van der Waals surface area contributed by atoms with Crippen LogP contribution in [-0.4, -0.2) is 22.8 Å². The van der Waals surface area contributed by atoms with Gasteiger partial charge in [0.05, 0.1) is 4.92 Å². The first-order chi connectivity index (χ1) is 9.99. The molecule has 0 heterocycles. The van der Waals surface area contributed by atoms with Crippen molar-refractivity contribution in [1.82, 2.24) is 4.90 Å². The maximum atomic E-state index is 12.3. The molecule has 21 heavy (non-hydrogen) atoms. The first-order valence-electron chi connectivity index (χ1n) is 6.53. The number of amides is 1. The summed E-state index contributed by atoms with van der Waals surface area (Å²) in [6, 6.07) is 14.1. The Hall–Kier alpha value is -2.69. The van der Waals surface area contributed by atoms with Crippen LogP contribution in [0.2, 0.25) is 0 Å². The standard InChI is InChI=1S/C16H16N2O3/c1-12-8-9-14(10-15(12)18(20)21)16(19)17(2)11-13-6-4-3-5-7-13/h3-10H,11H2,1-2H3. The van der Waals surface area contributed by atoms with E-state index in [9.17, 15) is 14.9 Å². The summed E-state index contributed by atoms with van der Waals surface area (Å²) >= 11 is 0. The summed E-state index contributed by atoms with van der Waals surface area (Å²) in [6.07, 6.45) is 0. The minimum atomic E-state index is -0.469. The molecule has 0 bridgehead atoms. The highest BCUT2D eigenvalue weighted by molar-refractivity contribution is 5.94. The predicted molar refractivity (Wildman–Crippen MR) is 80.1 cm³/mol. The first-order valence-corrected chi connectivity index (χ1v) is 6.53. The van der Waals surface area contributed by atoms with E-state index in [0.29, 0.717) is 17.7 Å². The fourth-order valence-corrected chi connectivity index (χ4v) is 2.09. The van der Waals surface area contributed by atoms with Gasteiger partial charge in [-0.05, 0) is 18.6 Å². The minimum absolute atomic E-state index is 0.0334. The van der Waals surface area contributed by atoms with E-state index in [0.717, 1.165) is 5.56 Å². The van der Waals surface area contributed by atoms with E-state index < -0.39 is 4.92 Å². The van der Waals surface area contributed by atoms with E-state index in [1.165, 1.54) is 6.07 Å². The molecular formula is C16H16N2O3. The second-order valence-corrected chi connectivity index (χ2v) is 4.91. The number of nitro groups is 1. The molecule has 2 aromatic carbocycles. The molecule has 0 aliphatic carbocycles. The normalized spacial score (nSPS) is 10.2. The van der Waals surface area contributed by atoms with E-state index in [1.54, 1.807) is 31.0 Å². The highest BCUT2D eigenvalue weighted by Gasteiger charge is 2.17. The Morgan fingerprint density at radius 2 is 1.86 bits per heavy atom. The van der Waals surface area contributed by atoms with E-state index in [4.69, 9.17) is 0 Å². The second-order valence-electron chi connectivity index (χ2n) is 4.91. The Morgan fingerprint density at radius 3 is 2.48 bits per heavy atom. The molecule has 0 radical (unpaired) electrons. The molecule has 2 aromatic rings. The number of benzene rings is 2. The molecule has 0 aliphatic heterocycles. The highest BCUT2D eigenvalue weighted by Crippen LogP contribution is 2.20. The molecule has 0 aromatic heterocycles. The number of nitrogens with zero attached hydrogens (tertiary/aromatic N) is 2. The summed E-state index contributed by atoms with van der Waals surface area (Å²) in [5.74, 6) is -0.234. The van der Waals surface area contributed by atoms with Gasteiger partial charge in [-0.15, -0.1) is 0 Å². The van der Waals surface area contributed by atoms with Crippen LogP contribution in [0.3, 0.4) is 0 Å². The predicted octanol–water partition coefficient (Wildman–Crippen LogP) is 3.18. The van der Waals surface area contributed by atoms with Gasteiger partial charge in [-0.3, -0.25) is 14.9 Å². The summed E-state index contributed by atoms with van der Waals surface area (Å²) in [7, 11) is 1.68. The largest absolute Gasteiger partial charge is 0.337 e. The van der Waals surface area contributed by atoms with Gasteiger partial charge >= 0.3 is 0 Å². The van der Waals surface area contributed by atoms with Crippen molar-refractivity contribution >= 4 is 11.6 Å². The van der Waals surface area contributed by atoms with Crippen LogP contribution in [0.5, 0.6) is 0 Å². The minimum Gasteiger partial charge on any atom is -0.337 e. The van der Waals surface area contributed by atoms with E-state index >= 15 is 0 Å². The average molecular weight is 284 g/mol. The Morgan fingerprint density at radius 1 is 1.19 bits per heavy atom. The molecule has 108 valence electrons. The Balaban J connectivity index is 2.20. The van der Waals surface area contributed by atoms with E-state index in [-0.39, 0.29) is 11.6 Å². The third-order valence-corrected chi connectivity index (χ3v) is 3.26. The van der Waals surface area contributed by atoms with E-state index in [1.807, 2.05) is 30.3 Å². The van der Waals surface area contributed by atoms with Gasteiger partial charge in [0.2, 0.25) is 0 Å². The van der Waals surface area contributed by atoms with Crippen LogP contribution in [0.4, 0.5) is 5.69 Å². The van der Waals surface area contributed by atoms with Gasteiger partial charge in [0, 0.05) is 30.8 Å². The fraction of sp³-hybridized carbons (Fsp3) is 0.188. The first kappa shape index (κ1) is 14.7. The van der Waals surface area contributed by atoms with E-state index in [2.05, 4.69) is 0 Å². The van der Waals surface area contributed by atoms with Crippen molar-refractivity contribution in [1.29, 1.82) is 0 Å². The molecule has 2 rings (SSSR count). The molecule has 0 spiro atoms. The van der Waals surface area contributed by atoms with Gasteiger partial charge < -0.3 is 4.90 Å². The number of hydrogen-bond acceptors (Lipinski definition) is 3. The number of nitro benzene ring substituents is 1. The van der Waals surface area contributed by atoms with Crippen LogP contribution < -0.4 is 0 Å². The van der Waals surface area contributed by atoms with Gasteiger partial charge in [0.25, 0.3) is 11.6 Å². The monoisotopic (exact) mass is 284 g/mol. The van der Waals surface area contributed by atoms with Gasteiger partial charge in [-0.2, -0.15) is 0 Å². The molecule has 1 amide bonds. The second kappa shape index (κ2) is 6.17. The molecule has 0 saturated heterocycles. The third kappa shape index (κ3) is 3.45. The lowest BCUT2D eigenvalue weighted by Crippen LogP contribution is -2.26. The molecule has 0 unspecified atom stereocenters. The molecule has 0 N–H and O–H groups in total. The lowest BCUT2D eigenvalue weighted by atomic mass is 10.1. The number of carbonyl (C=O) groups excluding carboxylic acids is 1. The Kier molecular flexibility index (Phi) is 4.33. The maximum absolute atomic E-state index is 12.3. The molecule has 5 nitrogen and oxygen atoms in total. The van der Waals surface area contributed by atoms with Gasteiger partial charge in [0.15, 0.2) is 0 Å². The number of hydrogen-bond donors (Lipinski definition) is 0. The SMILES string of the molecule is Cc1ccc(C(=O)N(C)Cc2ccccc2)cc1[N+](=O)[O-]. The van der Waals surface area contributed by atoms with Crippen LogP contribution in [0.25, 0.3) is 0 Å². The lowest BCUT2D eigenvalue weighted by molar-refractivity contribution is -0.385. The molecular weight excluding hydrogens is 268 g/mol. The van der Waals surface area contributed by atoms with Crippen molar-refractivity contribution in [2.45, 2.75) is 13.5 Å². The van der Waals surface area contributed by atoms with Crippen LogP contribution in [0.1, 0.15) is 21.5 Å². The quantitative estimate of drug-likeness (QED) is 0.640.